The SMILES string of the molecule is Oc1cn[c-]cn1.[CH2-]N1C[C@@H]2CC(O)(Cc3ccccc3)C[C@@H]2C1.[Sc]. The van der Waals surface area contributed by atoms with Crippen LogP contribution in [0.4, 0.5) is 0 Å². The molecule has 1 aromatic heterocycles. The van der Waals surface area contributed by atoms with Crippen LogP contribution in [0.1, 0.15) is 18.4 Å². The second-order valence-electron chi connectivity index (χ2n) is 6.85. The molecule has 1 unspecified atom stereocenters. The molecule has 1 saturated heterocycles. The van der Waals surface area contributed by atoms with Crippen LogP contribution in [0.25, 0.3) is 0 Å². The molecule has 2 aliphatic rings. The smallest absolute Gasteiger partial charge is 0.139 e. The molecule has 1 saturated carbocycles. The maximum Gasteiger partial charge on any atom is 0.139 e. The van der Waals surface area contributed by atoms with Gasteiger partial charge in [-0.1, -0.05) is 36.5 Å². The van der Waals surface area contributed by atoms with Crippen molar-refractivity contribution < 1.29 is 36.1 Å². The molecule has 5 nitrogen and oxygen atoms in total. The second kappa shape index (κ2) is 9.01. The molecule has 1 radical (unpaired) electrons. The van der Waals surface area contributed by atoms with Crippen molar-refractivity contribution in [2.75, 3.05) is 13.1 Å². The molecule has 1 aliphatic carbocycles. The molecule has 4 rings (SSSR count). The van der Waals surface area contributed by atoms with Crippen LogP contribution in [-0.2, 0) is 32.3 Å². The quantitative estimate of drug-likeness (QED) is 0.792. The normalized spacial score (nSPS) is 27.8. The zero-order chi connectivity index (χ0) is 17.0. The molecular weight excluding hydrogens is 347 g/mol. The molecule has 3 atom stereocenters. The third-order valence-electron chi connectivity index (χ3n) is 4.82. The van der Waals surface area contributed by atoms with Gasteiger partial charge in [0.25, 0.3) is 0 Å². The molecule has 0 spiro atoms. The Bertz CT molecular complexity index is 628. The fourth-order valence-corrected chi connectivity index (χ4v) is 3.93. The summed E-state index contributed by atoms with van der Waals surface area (Å²) in [5.74, 6) is 1.24. The fraction of sp³-hybridized carbons (Fsp3) is 0.421. The van der Waals surface area contributed by atoms with E-state index in [0.29, 0.717) is 11.8 Å². The molecule has 2 aromatic rings. The zero-order valence-corrected chi connectivity index (χ0v) is 16.1. The average molecular weight is 370 g/mol. The number of aliphatic hydroxyl groups is 1. The fourth-order valence-electron chi connectivity index (χ4n) is 3.93. The first-order valence-electron chi connectivity index (χ1n) is 8.23. The summed E-state index contributed by atoms with van der Waals surface area (Å²) < 4.78 is 0. The first-order valence-corrected chi connectivity index (χ1v) is 8.23. The molecule has 2 fully saturated rings. The van der Waals surface area contributed by atoms with Crippen LogP contribution in [-0.4, -0.2) is 43.8 Å². The van der Waals surface area contributed by atoms with E-state index in [2.05, 4.69) is 40.2 Å². The predicted octanol–water partition coefficient (Wildman–Crippen LogP) is 2.07. The van der Waals surface area contributed by atoms with Crippen LogP contribution < -0.4 is 0 Å². The van der Waals surface area contributed by atoms with Gasteiger partial charge in [0.1, 0.15) is 5.88 Å². The van der Waals surface area contributed by atoms with Gasteiger partial charge >= 0.3 is 0 Å². The van der Waals surface area contributed by atoms with Gasteiger partial charge < -0.3 is 20.1 Å². The Morgan fingerprint density at radius 2 is 1.84 bits per heavy atom. The van der Waals surface area contributed by atoms with E-state index in [1.165, 1.54) is 18.0 Å². The summed E-state index contributed by atoms with van der Waals surface area (Å²) >= 11 is 0. The van der Waals surface area contributed by atoms with Crippen molar-refractivity contribution in [2.24, 2.45) is 11.8 Å². The number of nitrogens with zero attached hydrogens (tertiary/aromatic N) is 3. The standard InChI is InChI=1S/C15H20NO.C4H3N2O.Sc/c1-16-10-13-8-15(17,9-14(13)11-16)7-12-5-3-2-4-6-12;7-4-3-5-1-2-6-4;/h2-6,13-14,17H,1,7-11H2;2-3H,(H,6,7);/q2*-1;/t13-,14+,15?;;. The van der Waals surface area contributed by atoms with Gasteiger partial charge in [-0.25, -0.2) is 0 Å². The van der Waals surface area contributed by atoms with Crippen molar-refractivity contribution in [3.8, 4) is 5.88 Å². The molecule has 0 amide bonds. The monoisotopic (exact) mass is 370 g/mol. The maximum absolute atomic E-state index is 10.7. The number of hydrogen-bond donors (Lipinski definition) is 2. The molecule has 25 heavy (non-hydrogen) atoms. The van der Waals surface area contributed by atoms with Crippen molar-refractivity contribution in [2.45, 2.75) is 24.9 Å². The molecule has 131 valence electrons. The molecule has 6 heteroatoms. The van der Waals surface area contributed by atoms with Crippen molar-refractivity contribution in [3.05, 3.63) is 61.5 Å². The van der Waals surface area contributed by atoms with E-state index in [0.717, 1.165) is 32.4 Å². The Kier molecular flexibility index (Phi) is 7.28. The average Bonchev–Trinajstić information content (AvgIpc) is 3.02. The summed E-state index contributed by atoms with van der Waals surface area (Å²) in [5.41, 5.74) is 0.777. The van der Waals surface area contributed by atoms with Crippen molar-refractivity contribution >= 4 is 0 Å². The Labute approximate surface area is 167 Å². The predicted molar refractivity (Wildman–Crippen MR) is 90.8 cm³/mol. The topological polar surface area (TPSA) is 69.5 Å². The van der Waals surface area contributed by atoms with Crippen LogP contribution in [0, 0.1) is 25.1 Å². The van der Waals surface area contributed by atoms with E-state index in [-0.39, 0.29) is 31.7 Å². The third kappa shape index (κ3) is 5.69. The van der Waals surface area contributed by atoms with Gasteiger partial charge in [-0.2, -0.15) is 0 Å². The summed E-state index contributed by atoms with van der Waals surface area (Å²) in [5, 5.41) is 19.1. The molecule has 2 N–H and O–H groups in total. The van der Waals surface area contributed by atoms with Crippen LogP contribution >= 0.6 is 0 Å². The third-order valence-corrected chi connectivity index (χ3v) is 4.82. The van der Waals surface area contributed by atoms with Crippen LogP contribution in [0.2, 0.25) is 0 Å². The Morgan fingerprint density at radius 3 is 2.32 bits per heavy atom. The second-order valence-corrected chi connectivity index (χ2v) is 6.85. The van der Waals surface area contributed by atoms with E-state index >= 15 is 0 Å². The number of fused-ring (bicyclic) bond motifs is 1. The number of aromatic nitrogens is 2. The summed E-state index contributed by atoms with van der Waals surface area (Å²) in [6.45, 7) is 2.11. The Hall–Kier alpha value is -1.11. The van der Waals surface area contributed by atoms with E-state index in [4.69, 9.17) is 5.11 Å². The minimum absolute atomic E-state index is 0. The van der Waals surface area contributed by atoms with Crippen molar-refractivity contribution in [1.82, 2.24) is 14.9 Å². The minimum atomic E-state index is -0.474. The number of rotatable bonds is 2. The van der Waals surface area contributed by atoms with Crippen molar-refractivity contribution in [3.63, 3.8) is 0 Å². The van der Waals surface area contributed by atoms with Gasteiger partial charge in [-0.15, -0.1) is 6.20 Å². The largest absolute Gasteiger partial charge is 0.506 e. The first kappa shape index (κ1) is 20.2. The summed E-state index contributed by atoms with van der Waals surface area (Å²) in [6.07, 6.45) is 7.62. The van der Waals surface area contributed by atoms with Gasteiger partial charge in [-0.05, 0) is 49.5 Å². The molecule has 1 aliphatic heterocycles. The Balaban J connectivity index is 0.000000240. The van der Waals surface area contributed by atoms with E-state index in [1.807, 2.05) is 18.2 Å². The van der Waals surface area contributed by atoms with Gasteiger partial charge in [-0.3, -0.25) is 12.0 Å². The van der Waals surface area contributed by atoms with Gasteiger partial charge in [0.05, 0.1) is 5.60 Å². The zero-order valence-electron chi connectivity index (χ0n) is 14.3. The van der Waals surface area contributed by atoms with Crippen LogP contribution in [0.3, 0.4) is 0 Å². The molecular formula is C19H23N3O2Sc-2. The van der Waals surface area contributed by atoms with Crippen LogP contribution in [0.15, 0.2) is 42.7 Å². The van der Waals surface area contributed by atoms with Crippen molar-refractivity contribution in [1.29, 1.82) is 0 Å². The van der Waals surface area contributed by atoms with E-state index < -0.39 is 5.60 Å². The first-order chi connectivity index (χ1) is 11.5. The maximum atomic E-state index is 10.7. The van der Waals surface area contributed by atoms with Gasteiger partial charge in [0, 0.05) is 32.3 Å². The number of aromatic hydroxyl groups is 1. The summed E-state index contributed by atoms with van der Waals surface area (Å²) in [6, 6.07) is 10.3. The molecule has 2 heterocycles. The van der Waals surface area contributed by atoms with Gasteiger partial charge in [0.2, 0.25) is 0 Å². The Morgan fingerprint density at radius 1 is 1.20 bits per heavy atom. The molecule has 0 bridgehead atoms. The number of benzene rings is 1. The number of hydrogen-bond acceptors (Lipinski definition) is 5. The van der Waals surface area contributed by atoms with E-state index in [9.17, 15) is 5.11 Å². The van der Waals surface area contributed by atoms with Crippen LogP contribution in [0.5, 0.6) is 5.88 Å². The summed E-state index contributed by atoms with van der Waals surface area (Å²) in [4.78, 5) is 9.01. The van der Waals surface area contributed by atoms with E-state index in [1.54, 1.807) is 0 Å². The molecule has 1 aromatic carbocycles. The summed E-state index contributed by atoms with van der Waals surface area (Å²) in [7, 11) is 4.00. The number of likely N-dealkylation sites (tertiary alicyclic amines) is 1. The minimum Gasteiger partial charge on any atom is -0.506 e. The van der Waals surface area contributed by atoms with Gasteiger partial charge in [0.15, 0.2) is 0 Å².